The number of carbonyl (C=O) groups is 2. The number of anilines is 1. The number of amides is 2. The van der Waals surface area contributed by atoms with Crippen molar-refractivity contribution in [3.05, 3.63) is 29.6 Å². The Morgan fingerprint density at radius 1 is 1.36 bits per heavy atom. The van der Waals surface area contributed by atoms with Crippen molar-refractivity contribution in [3.8, 4) is 0 Å². The largest absolute Gasteiger partial charge is 0.490 e. The fourth-order valence-corrected chi connectivity index (χ4v) is 2.04. The number of alkyl halides is 3. The van der Waals surface area contributed by atoms with Gasteiger partial charge in [0.2, 0.25) is 0 Å². The topological polar surface area (TPSA) is 90.5 Å². The molecule has 1 saturated heterocycles. The summed E-state index contributed by atoms with van der Waals surface area (Å²) in [7, 11) is 0. The van der Waals surface area contributed by atoms with E-state index in [9.17, 15) is 22.4 Å². The van der Waals surface area contributed by atoms with Crippen molar-refractivity contribution >= 4 is 17.7 Å². The average Bonchev–Trinajstić information content (AvgIpc) is 3.02. The van der Waals surface area contributed by atoms with E-state index >= 15 is 0 Å². The van der Waals surface area contributed by atoms with Gasteiger partial charge in [-0.1, -0.05) is 6.07 Å². The number of hydrogen-bond donors (Lipinski definition) is 4. The van der Waals surface area contributed by atoms with Crippen LogP contribution in [0.15, 0.2) is 18.2 Å². The summed E-state index contributed by atoms with van der Waals surface area (Å²) in [4.78, 5) is 20.6. The zero-order chi connectivity index (χ0) is 19.0. The number of benzene rings is 1. The average molecular weight is 365 g/mol. The van der Waals surface area contributed by atoms with Crippen LogP contribution in [0, 0.1) is 12.7 Å². The van der Waals surface area contributed by atoms with Gasteiger partial charge in [-0.2, -0.15) is 13.2 Å². The minimum Gasteiger partial charge on any atom is -0.475 e. The lowest BCUT2D eigenvalue weighted by atomic mass is 10.2. The Bertz CT molecular complexity index is 602. The summed E-state index contributed by atoms with van der Waals surface area (Å²) in [6.07, 6.45) is -2.85. The maximum absolute atomic E-state index is 13.0. The van der Waals surface area contributed by atoms with Gasteiger partial charge in [0, 0.05) is 18.3 Å². The highest BCUT2D eigenvalue weighted by Crippen LogP contribution is 2.15. The fraction of sp³-hybridized carbons (Fsp3) is 0.467. The zero-order valence-corrected chi connectivity index (χ0v) is 13.4. The molecule has 1 aliphatic heterocycles. The molecule has 25 heavy (non-hydrogen) atoms. The zero-order valence-electron chi connectivity index (χ0n) is 13.4. The van der Waals surface area contributed by atoms with Crippen LogP contribution in [-0.4, -0.2) is 42.4 Å². The molecule has 0 aliphatic carbocycles. The Balaban J connectivity index is 0.000000381. The minimum atomic E-state index is -5.08. The molecule has 2 amide bonds. The number of carboxylic acids is 1. The Morgan fingerprint density at radius 3 is 2.52 bits per heavy atom. The highest BCUT2D eigenvalue weighted by Gasteiger charge is 2.38. The predicted octanol–water partition coefficient (Wildman–Crippen LogP) is 2.64. The molecule has 1 heterocycles. The number of rotatable bonds is 3. The lowest BCUT2D eigenvalue weighted by Gasteiger charge is -2.13. The van der Waals surface area contributed by atoms with Crippen molar-refractivity contribution in [1.82, 2.24) is 10.6 Å². The number of aliphatic carboxylic acids is 1. The molecule has 0 aromatic heterocycles. The molecular formula is C15H19F4N3O3. The quantitative estimate of drug-likeness (QED) is 0.620. The molecule has 0 bridgehead atoms. The summed E-state index contributed by atoms with van der Waals surface area (Å²) < 4.78 is 44.8. The van der Waals surface area contributed by atoms with E-state index < -0.39 is 12.1 Å². The van der Waals surface area contributed by atoms with Gasteiger partial charge in [-0.15, -0.1) is 0 Å². The Labute approximate surface area is 141 Å². The summed E-state index contributed by atoms with van der Waals surface area (Å²) in [5.41, 5.74) is 1.34. The molecule has 0 radical (unpaired) electrons. The molecule has 1 aromatic rings. The van der Waals surface area contributed by atoms with Gasteiger partial charge in [0.05, 0.1) is 0 Å². The van der Waals surface area contributed by atoms with Crippen LogP contribution < -0.4 is 16.0 Å². The Kier molecular flexibility index (Phi) is 7.62. The van der Waals surface area contributed by atoms with Crippen LogP contribution in [-0.2, 0) is 4.79 Å². The number of carbonyl (C=O) groups excluding carboxylic acids is 1. The van der Waals surface area contributed by atoms with Crippen molar-refractivity contribution in [2.24, 2.45) is 0 Å². The standard InChI is InChI=1S/C13H18FN3O.C2HF3O2/c1-9-4-5-10(14)7-12(9)17-13(18)16-8-11-3-2-6-15-11;3-2(4,5)1(6)7/h4-5,7,11,15H,2-3,6,8H2,1H3,(H2,16,17,18);(H,6,7). The first-order valence-electron chi connectivity index (χ1n) is 7.44. The third kappa shape index (κ3) is 7.84. The van der Waals surface area contributed by atoms with Crippen LogP contribution in [0.5, 0.6) is 0 Å². The summed E-state index contributed by atoms with van der Waals surface area (Å²) in [6.45, 7) is 3.44. The van der Waals surface area contributed by atoms with Crippen LogP contribution in [0.1, 0.15) is 18.4 Å². The monoisotopic (exact) mass is 365 g/mol. The first-order chi connectivity index (χ1) is 11.6. The van der Waals surface area contributed by atoms with Crippen molar-refractivity contribution in [2.75, 3.05) is 18.4 Å². The van der Waals surface area contributed by atoms with Gasteiger partial charge in [-0.25, -0.2) is 14.0 Å². The minimum absolute atomic E-state index is 0.294. The van der Waals surface area contributed by atoms with Crippen LogP contribution in [0.2, 0.25) is 0 Å². The van der Waals surface area contributed by atoms with Gasteiger partial charge in [-0.05, 0) is 44.0 Å². The number of aryl methyl sites for hydroxylation is 1. The van der Waals surface area contributed by atoms with Gasteiger partial charge < -0.3 is 21.1 Å². The van der Waals surface area contributed by atoms with Crippen molar-refractivity contribution in [3.63, 3.8) is 0 Å². The van der Waals surface area contributed by atoms with E-state index in [2.05, 4.69) is 16.0 Å². The van der Waals surface area contributed by atoms with Gasteiger partial charge in [-0.3, -0.25) is 0 Å². The molecule has 1 atom stereocenters. The summed E-state index contributed by atoms with van der Waals surface area (Å²) in [5.74, 6) is -3.11. The van der Waals surface area contributed by atoms with E-state index in [4.69, 9.17) is 9.90 Å². The number of urea groups is 1. The molecule has 10 heteroatoms. The van der Waals surface area contributed by atoms with E-state index in [0.29, 0.717) is 18.3 Å². The highest BCUT2D eigenvalue weighted by atomic mass is 19.4. The van der Waals surface area contributed by atoms with E-state index in [0.717, 1.165) is 24.9 Å². The summed E-state index contributed by atoms with van der Waals surface area (Å²) in [5, 5.41) is 15.9. The third-order valence-corrected chi connectivity index (χ3v) is 3.36. The molecule has 1 aromatic carbocycles. The molecule has 6 nitrogen and oxygen atoms in total. The number of carboxylic acid groups (broad SMARTS) is 1. The van der Waals surface area contributed by atoms with Crippen LogP contribution in [0.3, 0.4) is 0 Å². The van der Waals surface area contributed by atoms with Crippen LogP contribution in [0.25, 0.3) is 0 Å². The molecule has 140 valence electrons. The molecule has 1 fully saturated rings. The SMILES string of the molecule is Cc1ccc(F)cc1NC(=O)NCC1CCCN1.O=C(O)C(F)(F)F. The van der Waals surface area contributed by atoms with Crippen molar-refractivity contribution in [2.45, 2.75) is 32.0 Å². The molecular weight excluding hydrogens is 346 g/mol. The molecule has 2 rings (SSSR count). The summed E-state index contributed by atoms with van der Waals surface area (Å²) >= 11 is 0. The van der Waals surface area contributed by atoms with Gasteiger partial charge in [0.1, 0.15) is 5.82 Å². The number of nitrogens with one attached hydrogen (secondary N) is 3. The van der Waals surface area contributed by atoms with E-state index in [-0.39, 0.29) is 11.8 Å². The van der Waals surface area contributed by atoms with Crippen molar-refractivity contribution < 1.29 is 32.3 Å². The summed E-state index contributed by atoms with van der Waals surface area (Å²) in [6, 6.07) is 4.40. The smallest absolute Gasteiger partial charge is 0.475 e. The molecule has 1 aliphatic rings. The second kappa shape index (κ2) is 9.21. The van der Waals surface area contributed by atoms with Crippen LogP contribution >= 0.6 is 0 Å². The normalized spacial score (nSPS) is 16.6. The number of hydrogen-bond acceptors (Lipinski definition) is 3. The van der Waals surface area contributed by atoms with Gasteiger partial charge >= 0.3 is 18.2 Å². The fourth-order valence-electron chi connectivity index (χ4n) is 2.04. The lowest BCUT2D eigenvalue weighted by molar-refractivity contribution is -0.192. The highest BCUT2D eigenvalue weighted by molar-refractivity contribution is 5.90. The lowest BCUT2D eigenvalue weighted by Crippen LogP contribution is -2.39. The predicted molar refractivity (Wildman–Crippen MR) is 82.9 cm³/mol. The van der Waals surface area contributed by atoms with Crippen molar-refractivity contribution in [1.29, 1.82) is 0 Å². The van der Waals surface area contributed by atoms with Gasteiger partial charge in [0.15, 0.2) is 0 Å². The third-order valence-electron chi connectivity index (χ3n) is 3.36. The second-order valence-corrected chi connectivity index (χ2v) is 5.39. The first-order valence-corrected chi connectivity index (χ1v) is 7.44. The van der Waals surface area contributed by atoms with E-state index in [1.54, 1.807) is 6.07 Å². The molecule has 0 spiro atoms. The van der Waals surface area contributed by atoms with E-state index in [1.807, 2.05) is 6.92 Å². The molecule has 1 unspecified atom stereocenters. The maximum Gasteiger partial charge on any atom is 0.490 e. The van der Waals surface area contributed by atoms with E-state index in [1.165, 1.54) is 12.1 Å². The van der Waals surface area contributed by atoms with Gasteiger partial charge in [0.25, 0.3) is 0 Å². The molecule has 4 N–H and O–H groups in total. The Hall–Kier alpha value is -2.36. The Morgan fingerprint density at radius 2 is 2.00 bits per heavy atom. The maximum atomic E-state index is 13.0. The van der Waals surface area contributed by atoms with Crippen LogP contribution in [0.4, 0.5) is 28.0 Å². The first kappa shape index (κ1) is 20.7. The second-order valence-electron chi connectivity index (χ2n) is 5.39. The molecule has 0 saturated carbocycles. The number of halogens is 4.